The van der Waals surface area contributed by atoms with E-state index in [4.69, 9.17) is 11.6 Å². The van der Waals surface area contributed by atoms with E-state index in [2.05, 4.69) is 16.3 Å². The van der Waals surface area contributed by atoms with Crippen LogP contribution in [0.4, 0.5) is 4.39 Å². The molecular formula is C26H33ClFN3O2S. The van der Waals surface area contributed by atoms with Gasteiger partial charge in [0.25, 0.3) is 0 Å². The Morgan fingerprint density at radius 3 is 2.71 bits per heavy atom. The lowest BCUT2D eigenvalue weighted by Crippen LogP contribution is -2.58. The first-order valence-electron chi connectivity index (χ1n) is 11.9. The second-order valence-electron chi connectivity index (χ2n) is 10.00. The van der Waals surface area contributed by atoms with E-state index in [1.165, 1.54) is 16.5 Å². The van der Waals surface area contributed by atoms with E-state index < -0.39 is 5.41 Å². The number of carbonyl (C=O) groups excluding carboxylic acids is 2. The molecule has 5 nitrogen and oxygen atoms in total. The molecule has 0 saturated carbocycles. The highest BCUT2D eigenvalue weighted by molar-refractivity contribution is 7.10. The van der Waals surface area contributed by atoms with Crippen molar-refractivity contribution >= 4 is 34.8 Å². The van der Waals surface area contributed by atoms with Crippen LogP contribution in [0.5, 0.6) is 0 Å². The Kier molecular flexibility index (Phi) is 7.65. The lowest BCUT2D eigenvalue weighted by molar-refractivity contribution is -0.148. The molecule has 2 aliphatic heterocycles. The van der Waals surface area contributed by atoms with Gasteiger partial charge < -0.3 is 9.80 Å². The fourth-order valence-electron chi connectivity index (χ4n) is 5.01. The lowest BCUT2D eigenvalue weighted by Gasteiger charge is -2.43. The van der Waals surface area contributed by atoms with Gasteiger partial charge in [-0.25, -0.2) is 4.39 Å². The largest absolute Gasteiger partial charge is 0.339 e. The average molecular weight is 506 g/mol. The highest BCUT2D eigenvalue weighted by Crippen LogP contribution is 2.38. The zero-order valence-corrected chi connectivity index (χ0v) is 21.7. The Balaban J connectivity index is 1.40. The average Bonchev–Trinajstić information content (AvgIpc) is 3.30. The first-order chi connectivity index (χ1) is 16.2. The normalized spacial score (nSPS) is 21.4. The molecule has 1 saturated heterocycles. The summed E-state index contributed by atoms with van der Waals surface area (Å²) in [5.41, 5.74) is 1.54. The third-order valence-corrected chi connectivity index (χ3v) is 8.66. The standard InChI is InChI=1S/C26H33ClFN3O2S/c1-18-16-30(12-13-31(18)25(33)26(2,3)17-27)23(32)8-11-29-10-7-22-21(9-14-34-22)24(29)19-5-4-6-20(28)15-19/h4-6,9,14-15,18,24H,7-8,10-13,16-17H2,1-3H3/t18-,24+/m1/s1. The molecule has 4 rings (SSSR count). The highest BCUT2D eigenvalue weighted by Gasteiger charge is 2.37. The van der Waals surface area contributed by atoms with Crippen molar-refractivity contribution in [2.24, 2.45) is 5.41 Å². The summed E-state index contributed by atoms with van der Waals surface area (Å²) in [6.07, 6.45) is 1.35. The molecule has 0 N–H and O–H groups in total. The Bertz CT molecular complexity index is 1040. The van der Waals surface area contributed by atoms with E-state index in [9.17, 15) is 14.0 Å². The van der Waals surface area contributed by atoms with Crippen LogP contribution in [0.15, 0.2) is 35.7 Å². The Morgan fingerprint density at radius 2 is 2.00 bits per heavy atom. The summed E-state index contributed by atoms with van der Waals surface area (Å²) in [7, 11) is 0. The van der Waals surface area contributed by atoms with Crippen molar-refractivity contribution in [1.82, 2.24) is 14.7 Å². The van der Waals surface area contributed by atoms with Crippen molar-refractivity contribution in [2.45, 2.75) is 45.7 Å². The van der Waals surface area contributed by atoms with Crippen molar-refractivity contribution in [3.63, 3.8) is 0 Å². The molecule has 184 valence electrons. The van der Waals surface area contributed by atoms with Crippen LogP contribution in [0.25, 0.3) is 0 Å². The third kappa shape index (κ3) is 5.16. The van der Waals surface area contributed by atoms with Crippen LogP contribution in [-0.2, 0) is 16.0 Å². The van der Waals surface area contributed by atoms with E-state index in [0.717, 1.165) is 18.5 Å². The maximum atomic E-state index is 14.0. The topological polar surface area (TPSA) is 43.9 Å². The molecule has 8 heteroatoms. The number of amides is 2. The van der Waals surface area contributed by atoms with Crippen molar-refractivity contribution in [3.05, 3.63) is 57.5 Å². The number of thiophene rings is 1. The number of rotatable bonds is 6. The van der Waals surface area contributed by atoms with Gasteiger partial charge in [-0.2, -0.15) is 0 Å². The van der Waals surface area contributed by atoms with Crippen molar-refractivity contribution < 1.29 is 14.0 Å². The van der Waals surface area contributed by atoms with E-state index in [1.54, 1.807) is 23.5 Å². The van der Waals surface area contributed by atoms with Crippen LogP contribution in [0, 0.1) is 11.2 Å². The number of carbonyl (C=O) groups is 2. The molecule has 2 amide bonds. The molecule has 1 fully saturated rings. The van der Waals surface area contributed by atoms with Crippen LogP contribution in [0.2, 0.25) is 0 Å². The monoisotopic (exact) mass is 505 g/mol. The molecule has 0 bridgehead atoms. The third-order valence-electron chi connectivity index (χ3n) is 7.00. The van der Waals surface area contributed by atoms with Crippen LogP contribution >= 0.6 is 22.9 Å². The summed E-state index contributed by atoms with van der Waals surface area (Å²) in [4.78, 5) is 33.3. The number of benzene rings is 1. The number of piperazine rings is 1. The minimum Gasteiger partial charge on any atom is -0.339 e. The van der Waals surface area contributed by atoms with Crippen molar-refractivity contribution in [2.75, 3.05) is 38.6 Å². The summed E-state index contributed by atoms with van der Waals surface area (Å²) in [6, 6.07) is 8.84. The first kappa shape index (κ1) is 25.1. The minimum absolute atomic E-state index is 0.0373. The summed E-state index contributed by atoms with van der Waals surface area (Å²) in [5, 5.41) is 2.10. The van der Waals surface area contributed by atoms with E-state index in [1.807, 2.05) is 36.6 Å². The van der Waals surface area contributed by atoms with Gasteiger partial charge in [0.15, 0.2) is 0 Å². The molecular weight excluding hydrogens is 473 g/mol. The number of hydrogen-bond acceptors (Lipinski definition) is 4. The molecule has 2 aromatic rings. The molecule has 34 heavy (non-hydrogen) atoms. The SMILES string of the molecule is C[C@@H]1CN(C(=O)CCN2CCc3sccc3[C@@H]2c2cccc(F)c2)CCN1C(=O)C(C)(C)CCl. The molecule has 0 radical (unpaired) electrons. The number of halogens is 2. The van der Waals surface area contributed by atoms with Crippen LogP contribution in [-0.4, -0.2) is 71.2 Å². The van der Waals surface area contributed by atoms with E-state index in [0.29, 0.717) is 32.6 Å². The number of alkyl halides is 1. The Hall–Kier alpha value is -1.96. The second kappa shape index (κ2) is 10.3. The first-order valence-corrected chi connectivity index (χ1v) is 13.3. The molecule has 0 unspecified atom stereocenters. The fourth-order valence-corrected chi connectivity index (χ4v) is 6.02. The second-order valence-corrected chi connectivity index (χ2v) is 11.3. The zero-order valence-electron chi connectivity index (χ0n) is 20.1. The maximum absolute atomic E-state index is 14.0. The van der Waals surface area contributed by atoms with Gasteiger partial charge in [-0.15, -0.1) is 22.9 Å². The number of fused-ring (bicyclic) bond motifs is 1. The molecule has 2 aliphatic rings. The predicted octanol–water partition coefficient (Wildman–Crippen LogP) is 4.55. The van der Waals surface area contributed by atoms with Gasteiger partial charge in [0, 0.05) is 55.9 Å². The van der Waals surface area contributed by atoms with Gasteiger partial charge in [-0.05, 0) is 61.9 Å². The number of nitrogens with zero attached hydrogens (tertiary/aromatic N) is 3. The molecule has 0 aliphatic carbocycles. The van der Waals surface area contributed by atoms with Gasteiger partial charge in [-0.1, -0.05) is 12.1 Å². The summed E-state index contributed by atoms with van der Waals surface area (Å²) in [5.74, 6) is 0.172. The van der Waals surface area contributed by atoms with Crippen molar-refractivity contribution in [1.29, 1.82) is 0 Å². The van der Waals surface area contributed by atoms with Crippen LogP contribution < -0.4 is 0 Å². The van der Waals surface area contributed by atoms with Gasteiger partial charge in [0.2, 0.25) is 11.8 Å². The summed E-state index contributed by atoms with van der Waals surface area (Å²) >= 11 is 7.75. The lowest BCUT2D eigenvalue weighted by atomic mass is 9.92. The Labute approximate surface area is 210 Å². The van der Waals surface area contributed by atoms with Gasteiger partial charge in [0.05, 0.1) is 11.5 Å². The number of hydrogen-bond donors (Lipinski definition) is 0. The molecule has 3 heterocycles. The Morgan fingerprint density at radius 1 is 1.21 bits per heavy atom. The van der Waals surface area contributed by atoms with Gasteiger partial charge >= 0.3 is 0 Å². The maximum Gasteiger partial charge on any atom is 0.229 e. The molecule has 1 aromatic heterocycles. The minimum atomic E-state index is -0.608. The van der Waals surface area contributed by atoms with Crippen molar-refractivity contribution in [3.8, 4) is 0 Å². The summed E-state index contributed by atoms with van der Waals surface area (Å²) in [6.45, 7) is 8.76. The van der Waals surface area contributed by atoms with Gasteiger partial charge in [-0.3, -0.25) is 14.5 Å². The molecule has 0 spiro atoms. The molecule has 1 aromatic carbocycles. The summed E-state index contributed by atoms with van der Waals surface area (Å²) < 4.78 is 14.0. The quantitative estimate of drug-likeness (QED) is 0.541. The fraction of sp³-hybridized carbons (Fsp3) is 0.538. The van der Waals surface area contributed by atoms with Gasteiger partial charge in [0.1, 0.15) is 5.82 Å². The van der Waals surface area contributed by atoms with Crippen LogP contribution in [0.1, 0.15) is 49.2 Å². The van der Waals surface area contributed by atoms with Crippen LogP contribution in [0.3, 0.4) is 0 Å². The zero-order chi connectivity index (χ0) is 24.5. The smallest absolute Gasteiger partial charge is 0.229 e. The predicted molar refractivity (Wildman–Crippen MR) is 135 cm³/mol. The van der Waals surface area contributed by atoms with E-state index >= 15 is 0 Å². The highest BCUT2D eigenvalue weighted by atomic mass is 35.5. The molecule has 2 atom stereocenters. The van der Waals surface area contributed by atoms with E-state index in [-0.39, 0.29) is 35.6 Å².